The molecule has 7 heteroatoms. The Balaban J connectivity index is 1.30. The van der Waals surface area contributed by atoms with Crippen LogP contribution in [0.4, 0.5) is 0 Å². The molecule has 0 unspecified atom stereocenters. The van der Waals surface area contributed by atoms with E-state index in [2.05, 4.69) is 44.6 Å². The van der Waals surface area contributed by atoms with Crippen LogP contribution in [-0.4, -0.2) is 82.5 Å². The van der Waals surface area contributed by atoms with Gasteiger partial charge in [0.15, 0.2) is 17.5 Å². The van der Waals surface area contributed by atoms with Crippen molar-refractivity contribution in [3.05, 3.63) is 23.8 Å². The van der Waals surface area contributed by atoms with Crippen molar-refractivity contribution in [1.29, 1.82) is 0 Å². The molecule has 0 radical (unpaired) electrons. The molecule has 0 bridgehead atoms. The number of guanidine groups is 1. The first-order valence-electron chi connectivity index (χ1n) is 9.98. The van der Waals surface area contributed by atoms with Crippen molar-refractivity contribution in [1.82, 2.24) is 20.4 Å². The van der Waals surface area contributed by atoms with Gasteiger partial charge < -0.3 is 29.9 Å². The summed E-state index contributed by atoms with van der Waals surface area (Å²) < 4.78 is 10.8. The monoisotopic (exact) mass is 375 g/mol. The maximum Gasteiger partial charge on any atom is 0.231 e. The summed E-state index contributed by atoms with van der Waals surface area (Å²) in [4.78, 5) is 9.31. The Labute approximate surface area is 162 Å². The molecular weight excluding hydrogens is 342 g/mol. The second-order valence-electron chi connectivity index (χ2n) is 7.22. The van der Waals surface area contributed by atoms with Crippen LogP contribution in [0.25, 0.3) is 0 Å². The number of fused-ring (bicyclic) bond motifs is 1. The highest BCUT2D eigenvalue weighted by Gasteiger charge is 2.13. The Kier molecular flexibility index (Phi) is 7.59. The highest BCUT2D eigenvalue weighted by Crippen LogP contribution is 2.32. The van der Waals surface area contributed by atoms with Crippen LogP contribution in [0.1, 0.15) is 18.4 Å². The highest BCUT2D eigenvalue weighted by atomic mass is 16.7. The molecule has 150 valence electrons. The van der Waals surface area contributed by atoms with E-state index in [0.717, 1.165) is 49.9 Å². The molecule has 7 nitrogen and oxygen atoms in total. The molecule has 1 fully saturated rings. The number of nitrogens with zero attached hydrogens (tertiary/aromatic N) is 3. The molecule has 1 aromatic carbocycles. The fraction of sp³-hybridized carbons (Fsp3) is 0.650. The summed E-state index contributed by atoms with van der Waals surface area (Å²) >= 11 is 0. The number of hydrogen-bond donors (Lipinski definition) is 2. The van der Waals surface area contributed by atoms with Gasteiger partial charge in [-0.05, 0) is 63.6 Å². The largest absolute Gasteiger partial charge is 0.454 e. The van der Waals surface area contributed by atoms with E-state index < -0.39 is 0 Å². The Morgan fingerprint density at radius 2 is 1.93 bits per heavy atom. The van der Waals surface area contributed by atoms with E-state index in [0.29, 0.717) is 6.79 Å². The molecule has 3 rings (SSSR count). The first kappa shape index (κ1) is 19.8. The van der Waals surface area contributed by atoms with Crippen LogP contribution in [0.15, 0.2) is 23.2 Å². The fourth-order valence-corrected chi connectivity index (χ4v) is 3.48. The van der Waals surface area contributed by atoms with Crippen LogP contribution >= 0.6 is 0 Å². The zero-order valence-electron chi connectivity index (χ0n) is 16.7. The van der Waals surface area contributed by atoms with Gasteiger partial charge in [0.2, 0.25) is 6.79 Å². The van der Waals surface area contributed by atoms with Gasteiger partial charge in [-0.3, -0.25) is 4.99 Å². The average Bonchev–Trinajstić information content (AvgIpc) is 3.05. The predicted octanol–water partition coefficient (Wildman–Crippen LogP) is 1.15. The molecule has 0 aliphatic carbocycles. The molecule has 0 atom stereocenters. The molecule has 0 amide bonds. The lowest BCUT2D eigenvalue weighted by Crippen LogP contribution is -2.39. The molecule has 2 aliphatic rings. The van der Waals surface area contributed by atoms with E-state index in [1.807, 2.05) is 13.1 Å². The number of benzene rings is 1. The molecule has 0 aromatic heterocycles. The second kappa shape index (κ2) is 10.4. The Hall–Kier alpha value is -1.99. The molecular formula is C20H33N5O2. The molecule has 27 heavy (non-hydrogen) atoms. The maximum atomic E-state index is 5.43. The van der Waals surface area contributed by atoms with Crippen LogP contribution < -0.4 is 20.1 Å². The Morgan fingerprint density at radius 3 is 2.81 bits per heavy atom. The van der Waals surface area contributed by atoms with Crippen LogP contribution in [0.2, 0.25) is 0 Å². The summed E-state index contributed by atoms with van der Waals surface area (Å²) in [5.41, 5.74) is 1.23. The molecule has 1 aromatic rings. The number of ether oxygens (including phenoxy) is 2. The van der Waals surface area contributed by atoms with Crippen molar-refractivity contribution in [2.45, 2.75) is 19.3 Å². The smallest absolute Gasteiger partial charge is 0.231 e. The third-order valence-electron chi connectivity index (χ3n) is 5.12. The predicted molar refractivity (Wildman–Crippen MR) is 109 cm³/mol. The molecule has 2 heterocycles. The summed E-state index contributed by atoms with van der Waals surface area (Å²) in [6.07, 6.45) is 3.32. The zero-order chi connectivity index (χ0) is 18.9. The minimum absolute atomic E-state index is 0.321. The van der Waals surface area contributed by atoms with E-state index in [1.165, 1.54) is 38.2 Å². The van der Waals surface area contributed by atoms with Crippen molar-refractivity contribution in [2.24, 2.45) is 4.99 Å². The number of nitrogens with one attached hydrogen (secondary N) is 2. The summed E-state index contributed by atoms with van der Waals surface area (Å²) in [5.74, 6) is 2.54. The molecule has 0 saturated carbocycles. The normalized spacial score (nSPS) is 18.4. The first-order valence-corrected chi connectivity index (χ1v) is 9.98. The highest BCUT2D eigenvalue weighted by molar-refractivity contribution is 5.79. The SMILES string of the molecule is CN=C(NCCCN1CCCN(C)CC1)NCCc1ccc2c(c1)OCO2. The van der Waals surface area contributed by atoms with Crippen molar-refractivity contribution >= 4 is 5.96 Å². The lowest BCUT2D eigenvalue weighted by molar-refractivity contribution is 0.174. The van der Waals surface area contributed by atoms with E-state index in [4.69, 9.17) is 9.47 Å². The van der Waals surface area contributed by atoms with E-state index in [9.17, 15) is 0 Å². The van der Waals surface area contributed by atoms with Crippen molar-refractivity contribution < 1.29 is 9.47 Å². The minimum Gasteiger partial charge on any atom is -0.454 e. The van der Waals surface area contributed by atoms with Crippen molar-refractivity contribution in [3.8, 4) is 11.5 Å². The van der Waals surface area contributed by atoms with E-state index >= 15 is 0 Å². The van der Waals surface area contributed by atoms with Crippen LogP contribution in [-0.2, 0) is 6.42 Å². The van der Waals surface area contributed by atoms with Crippen molar-refractivity contribution in [2.75, 3.05) is 66.7 Å². The van der Waals surface area contributed by atoms with Gasteiger partial charge in [0.25, 0.3) is 0 Å². The van der Waals surface area contributed by atoms with Gasteiger partial charge in [0.05, 0.1) is 0 Å². The maximum absolute atomic E-state index is 5.43. The van der Waals surface area contributed by atoms with Crippen LogP contribution in [0.3, 0.4) is 0 Å². The lowest BCUT2D eigenvalue weighted by atomic mass is 10.1. The summed E-state index contributed by atoms with van der Waals surface area (Å²) in [7, 11) is 4.03. The van der Waals surface area contributed by atoms with Crippen LogP contribution in [0, 0.1) is 0 Å². The Bertz CT molecular complexity index is 622. The van der Waals surface area contributed by atoms with Gasteiger partial charge in [-0.1, -0.05) is 6.07 Å². The topological polar surface area (TPSA) is 61.4 Å². The number of aliphatic imine (C=N–C) groups is 1. The number of rotatable bonds is 7. The van der Waals surface area contributed by atoms with Gasteiger partial charge in [0.1, 0.15) is 0 Å². The average molecular weight is 376 g/mol. The van der Waals surface area contributed by atoms with Crippen LogP contribution in [0.5, 0.6) is 11.5 Å². The molecule has 1 saturated heterocycles. The second-order valence-corrected chi connectivity index (χ2v) is 7.22. The minimum atomic E-state index is 0.321. The van der Waals surface area contributed by atoms with E-state index in [-0.39, 0.29) is 0 Å². The standard InChI is InChI=1S/C20H33N5O2/c1-21-20(22-8-3-11-25-12-4-10-24(2)13-14-25)23-9-7-17-5-6-18-19(15-17)27-16-26-18/h5-6,15H,3-4,7-14,16H2,1-2H3,(H2,21,22,23). The third-order valence-corrected chi connectivity index (χ3v) is 5.12. The third kappa shape index (κ3) is 6.29. The van der Waals surface area contributed by atoms with Gasteiger partial charge in [-0.25, -0.2) is 0 Å². The summed E-state index contributed by atoms with van der Waals surface area (Å²) in [5, 5.41) is 6.80. The molecule has 2 N–H and O–H groups in total. The van der Waals surface area contributed by atoms with Gasteiger partial charge in [-0.15, -0.1) is 0 Å². The molecule has 2 aliphatic heterocycles. The fourth-order valence-electron chi connectivity index (χ4n) is 3.48. The number of hydrogen-bond acceptors (Lipinski definition) is 5. The van der Waals surface area contributed by atoms with Gasteiger partial charge in [-0.2, -0.15) is 0 Å². The molecule has 0 spiro atoms. The summed E-state index contributed by atoms with van der Waals surface area (Å²) in [6.45, 7) is 8.03. The quantitative estimate of drug-likeness (QED) is 0.424. The lowest BCUT2D eigenvalue weighted by Gasteiger charge is -2.20. The number of likely N-dealkylation sites (N-methyl/N-ethyl adjacent to an activating group) is 1. The van der Waals surface area contributed by atoms with Gasteiger partial charge in [0, 0.05) is 33.2 Å². The van der Waals surface area contributed by atoms with Crippen molar-refractivity contribution in [3.63, 3.8) is 0 Å². The van der Waals surface area contributed by atoms with E-state index in [1.54, 1.807) is 0 Å². The summed E-state index contributed by atoms with van der Waals surface area (Å²) in [6, 6.07) is 6.12. The van der Waals surface area contributed by atoms with Gasteiger partial charge >= 0.3 is 0 Å². The Morgan fingerprint density at radius 1 is 1.07 bits per heavy atom. The zero-order valence-corrected chi connectivity index (χ0v) is 16.7. The first-order chi connectivity index (χ1) is 13.2.